The van der Waals surface area contributed by atoms with E-state index in [-0.39, 0.29) is 5.56 Å². The van der Waals surface area contributed by atoms with Crippen LogP contribution in [0.4, 0.5) is 5.82 Å². The van der Waals surface area contributed by atoms with Gasteiger partial charge in [-0.25, -0.2) is 15.0 Å². The van der Waals surface area contributed by atoms with Gasteiger partial charge in [-0.1, -0.05) is 0 Å². The van der Waals surface area contributed by atoms with Crippen LogP contribution in [-0.2, 0) is 6.54 Å². The summed E-state index contributed by atoms with van der Waals surface area (Å²) < 4.78 is 1.74. The highest BCUT2D eigenvalue weighted by molar-refractivity contribution is 5.37. The van der Waals surface area contributed by atoms with Gasteiger partial charge in [-0.05, 0) is 38.7 Å². The number of rotatable bonds is 3. The molecule has 116 valence electrons. The normalized spacial score (nSPS) is 16.0. The summed E-state index contributed by atoms with van der Waals surface area (Å²) in [7, 11) is 0. The molecular weight excluding hydrogens is 278 g/mol. The van der Waals surface area contributed by atoms with Crippen molar-refractivity contribution in [2.75, 3.05) is 18.0 Å². The van der Waals surface area contributed by atoms with Crippen LogP contribution in [0.25, 0.3) is 0 Å². The highest BCUT2D eigenvalue weighted by Gasteiger charge is 2.21. The second-order valence-electron chi connectivity index (χ2n) is 5.93. The first-order valence-electron chi connectivity index (χ1n) is 7.69. The monoisotopic (exact) mass is 299 g/mol. The molecule has 2 aromatic heterocycles. The van der Waals surface area contributed by atoms with E-state index in [9.17, 15) is 4.79 Å². The number of aromatic nitrogens is 4. The van der Waals surface area contributed by atoms with Crippen LogP contribution >= 0.6 is 0 Å². The Labute approximate surface area is 129 Å². The summed E-state index contributed by atoms with van der Waals surface area (Å²) in [6.07, 6.45) is 7.20. The van der Waals surface area contributed by atoms with E-state index in [1.807, 2.05) is 26.1 Å². The molecule has 0 aromatic carbocycles. The van der Waals surface area contributed by atoms with Crippen LogP contribution in [0.3, 0.4) is 0 Å². The Morgan fingerprint density at radius 3 is 2.77 bits per heavy atom. The number of nitrogens with zero attached hydrogens (tertiary/aromatic N) is 5. The second-order valence-corrected chi connectivity index (χ2v) is 5.93. The fraction of sp³-hybridized carbons (Fsp3) is 0.500. The largest absolute Gasteiger partial charge is 0.356 e. The molecule has 1 saturated heterocycles. The number of anilines is 1. The van der Waals surface area contributed by atoms with Crippen molar-refractivity contribution in [1.29, 1.82) is 0 Å². The van der Waals surface area contributed by atoms with Crippen LogP contribution < -0.4 is 10.5 Å². The van der Waals surface area contributed by atoms with Crippen molar-refractivity contribution in [3.8, 4) is 0 Å². The molecule has 0 amide bonds. The lowest BCUT2D eigenvalue weighted by Gasteiger charge is -2.33. The average molecular weight is 299 g/mol. The maximum absolute atomic E-state index is 12.1. The lowest BCUT2D eigenvalue weighted by molar-refractivity contribution is 0.349. The van der Waals surface area contributed by atoms with Crippen LogP contribution in [0.15, 0.2) is 29.6 Å². The molecule has 0 spiro atoms. The van der Waals surface area contributed by atoms with Gasteiger partial charge in [-0.2, -0.15) is 0 Å². The third-order valence-electron chi connectivity index (χ3n) is 4.23. The molecule has 3 heterocycles. The van der Waals surface area contributed by atoms with Crippen LogP contribution in [0.2, 0.25) is 0 Å². The number of aryl methyl sites for hydroxylation is 2. The minimum absolute atomic E-state index is 0.0730. The van der Waals surface area contributed by atoms with Gasteiger partial charge in [0.1, 0.15) is 11.6 Å². The third-order valence-corrected chi connectivity index (χ3v) is 4.23. The molecule has 6 nitrogen and oxygen atoms in total. The molecule has 2 aromatic rings. The lowest BCUT2D eigenvalue weighted by atomic mass is 9.96. The molecule has 1 aliphatic heterocycles. The Bertz CT molecular complexity index is 704. The van der Waals surface area contributed by atoms with E-state index in [4.69, 9.17) is 0 Å². The maximum Gasteiger partial charge on any atom is 0.256 e. The van der Waals surface area contributed by atoms with Gasteiger partial charge < -0.3 is 4.90 Å². The van der Waals surface area contributed by atoms with Crippen molar-refractivity contribution in [1.82, 2.24) is 19.5 Å². The van der Waals surface area contributed by atoms with E-state index >= 15 is 0 Å². The molecule has 3 rings (SSSR count). The van der Waals surface area contributed by atoms with Gasteiger partial charge in [0.2, 0.25) is 0 Å². The summed E-state index contributed by atoms with van der Waals surface area (Å²) in [6, 6.07) is 1.96. The Morgan fingerprint density at radius 2 is 2.05 bits per heavy atom. The van der Waals surface area contributed by atoms with Gasteiger partial charge in [0.15, 0.2) is 0 Å². The predicted molar refractivity (Wildman–Crippen MR) is 84.9 cm³/mol. The Hall–Kier alpha value is -2.24. The van der Waals surface area contributed by atoms with Crippen molar-refractivity contribution >= 4 is 5.82 Å². The van der Waals surface area contributed by atoms with Crippen molar-refractivity contribution in [2.45, 2.75) is 33.2 Å². The first-order chi connectivity index (χ1) is 10.6. The van der Waals surface area contributed by atoms with Gasteiger partial charge in [-0.3, -0.25) is 9.36 Å². The summed E-state index contributed by atoms with van der Waals surface area (Å²) in [5.74, 6) is 2.32. The predicted octanol–water partition coefficient (Wildman–Crippen LogP) is 1.57. The van der Waals surface area contributed by atoms with E-state index in [1.54, 1.807) is 17.1 Å². The molecule has 0 unspecified atom stereocenters. The number of hydrogen-bond acceptors (Lipinski definition) is 5. The fourth-order valence-electron chi connectivity index (χ4n) is 2.93. The van der Waals surface area contributed by atoms with Crippen LogP contribution in [-0.4, -0.2) is 32.6 Å². The molecule has 1 aliphatic rings. The molecule has 6 heteroatoms. The van der Waals surface area contributed by atoms with E-state index in [0.717, 1.165) is 44.1 Å². The summed E-state index contributed by atoms with van der Waals surface area (Å²) in [4.78, 5) is 27.1. The maximum atomic E-state index is 12.1. The summed E-state index contributed by atoms with van der Waals surface area (Å²) in [6.45, 7) is 6.41. The van der Waals surface area contributed by atoms with Crippen LogP contribution in [0.5, 0.6) is 0 Å². The van der Waals surface area contributed by atoms with Crippen molar-refractivity contribution in [3.05, 3.63) is 46.5 Å². The molecule has 1 fully saturated rings. The first kappa shape index (κ1) is 14.7. The average Bonchev–Trinajstić information content (AvgIpc) is 2.53. The fourth-order valence-corrected chi connectivity index (χ4v) is 2.93. The standard InChI is InChI=1S/C16H21N5O/c1-12-9-17-11-21(16(12)22)10-14-4-7-20(8-5-14)15-3-6-18-13(2)19-15/h3,6,9,11,14H,4-5,7-8,10H2,1-2H3. The smallest absolute Gasteiger partial charge is 0.256 e. The molecular formula is C16H21N5O. The zero-order valence-corrected chi connectivity index (χ0v) is 13.1. The van der Waals surface area contributed by atoms with Gasteiger partial charge >= 0.3 is 0 Å². The highest BCUT2D eigenvalue weighted by atomic mass is 16.1. The van der Waals surface area contributed by atoms with E-state index in [0.29, 0.717) is 11.5 Å². The van der Waals surface area contributed by atoms with Gasteiger partial charge in [0, 0.05) is 37.6 Å². The molecule has 0 bridgehead atoms. The summed E-state index contributed by atoms with van der Waals surface area (Å²) in [5.41, 5.74) is 0.778. The topological polar surface area (TPSA) is 63.9 Å². The Balaban J connectivity index is 1.62. The molecule has 22 heavy (non-hydrogen) atoms. The summed E-state index contributed by atoms with van der Waals surface area (Å²) >= 11 is 0. The van der Waals surface area contributed by atoms with Crippen molar-refractivity contribution in [3.63, 3.8) is 0 Å². The zero-order chi connectivity index (χ0) is 15.5. The summed E-state index contributed by atoms with van der Waals surface area (Å²) in [5, 5.41) is 0. The molecule has 0 aliphatic carbocycles. The van der Waals surface area contributed by atoms with Gasteiger partial charge in [0.25, 0.3) is 5.56 Å². The van der Waals surface area contributed by atoms with E-state index < -0.39 is 0 Å². The van der Waals surface area contributed by atoms with Crippen LogP contribution in [0, 0.1) is 19.8 Å². The van der Waals surface area contributed by atoms with Crippen molar-refractivity contribution < 1.29 is 0 Å². The minimum Gasteiger partial charge on any atom is -0.356 e. The second kappa shape index (κ2) is 6.25. The third kappa shape index (κ3) is 3.16. The highest BCUT2D eigenvalue weighted by Crippen LogP contribution is 2.22. The van der Waals surface area contributed by atoms with E-state index in [1.165, 1.54) is 0 Å². The van der Waals surface area contributed by atoms with Gasteiger partial charge in [0.05, 0.1) is 6.33 Å². The Kier molecular flexibility index (Phi) is 4.18. The van der Waals surface area contributed by atoms with E-state index in [2.05, 4.69) is 19.9 Å². The zero-order valence-electron chi connectivity index (χ0n) is 13.1. The number of piperidine rings is 1. The first-order valence-corrected chi connectivity index (χ1v) is 7.69. The quantitative estimate of drug-likeness (QED) is 0.860. The van der Waals surface area contributed by atoms with Crippen LogP contribution in [0.1, 0.15) is 24.2 Å². The molecule has 0 saturated carbocycles. The minimum atomic E-state index is 0.0730. The SMILES string of the molecule is Cc1nccc(N2CCC(Cn3cncc(C)c3=O)CC2)n1. The lowest BCUT2D eigenvalue weighted by Crippen LogP contribution is -2.37. The molecule has 0 N–H and O–H groups in total. The van der Waals surface area contributed by atoms with Crippen molar-refractivity contribution in [2.24, 2.45) is 5.92 Å². The molecule has 0 atom stereocenters. The van der Waals surface area contributed by atoms with Gasteiger partial charge in [-0.15, -0.1) is 0 Å². The molecule has 0 radical (unpaired) electrons. The number of hydrogen-bond donors (Lipinski definition) is 0. The Morgan fingerprint density at radius 1 is 1.27 bits per heavy atom.